The molecule has 28 heavy (non-hydrogen) atoms. The molecule has 0 aromatic heterocycles. The first-order valence-corrected chi connectivity index (χ1v) is 10.6. The fourth-order valence-electron chi connectivity index (χ4n) is 2.79. The van der Waals surface area contributed by atoms with E-state index in [1.165, 1.54) is 11.8 Å². The molecule has 1 N–H and O–H groups in total. The number of ether oxygens (including phenoxy) is 1. The zero-order valence-corrected chi connectivity index (χ0v) is 17.6. The van der Waals surface area contributed by atoms with Crippen LogP contribution < -0.4 is 5.32 Å². The van der Waals surface area contributed by atoms with Crippen LogP contribution >= 0.6 is 27.7 Å². The molecule has 2 amide bonds. The van der Waals surface area contributed by atoms with Gasteiger partial charge in [0, 0.05) is 10.2 Å². The fraction of sp³-hybridized carbons (Fsp3) is 0.250. The number of hydrogen-bond donors (Lipinski definition) is 1. The second kappa shape index (κ2) is 9.25. The highest BCUT2D eigenvalue weighted by molar-refractivity contribution is 9.10. The van der Waals surface area contributed by atoms with E-state index in [0.717, 1.165) is 10.0 Å². The fourth-order valence-corrected chi connectivity index (χ4v) is 4.24. The average Bonchev–Trinajstić information content (AvgIpc) is 3.03. The number of halogens is 1. The van der Waals surface area contributed by atoms with Crippen molar-refractivity contribution in [3.63, 3.8) is 0 Å². The number of rotatable bonds is 6. The van der Waals surface area contributed by atoms with Crippen molar-refractivity contribution in [3.05, 3.63) is 64.1 Å². The third-order valence-corrected chi connectivity index (χ3v) is 5.90. The van der Waals surface area contributed by atoms with Gasteiger partial charge in [-0.25, -0.2) is 4.79 Å². The van der Waals surface area contributed by atoms with E-state index in [1.54, 1.807) is 36.1 Å². The van der Waals surface area contributed by atoms with Crippen LogP contribution in [0.3, 0.4) is 0 Å². The molecule has 3 rings (SSSR count). The summed E-state index contributed by atoms with van der Waals surface area (Å²) in [7, 11) is 0. The molecule has 1 heterocycles. The lowest BCUT2D eigenvalue weighted by molar-refractivity contribution is -0.132. The van der Waals surface area contributed by atoms with Crippen LogP contribution in [0.2, 0.25) is 0 Å². The monoisotopic (exact) mass is 462 g/mol. The highest BCUT2D eigenvalue weighted by Gasteiger charge is 2.34. The van der Waals surface area contributed by atoms with E-state index in [0.29, 0.717) is 23.6 Å². The predicted molar refractivity (Wildman–Crippen MR) is 112 cm³/mol. The quantitative estimate of drug-likeness (QED) is 0.659. The van der Waals surface area contributed by atoms with Crippen LogP contribution in [-0.4, -0.2) is 41.6 Å². The number of esters is 1. The number of nitrogens with zero attached hydrogens (tertiary/aromatic N) is 1. The van der Waals surface area contributed by atoms with Gasteiger partial charge in [-0.1, -0.05) is 28.1 Å². The molecular weight excluding hydrogens is 444 g/mol. The Kier molecular flexibility index (Phi) is 6.74. The lowest BCUT2D eigenvalue weighted by Gasteiger charge is -2.23. The molecule has 1 atom stereocenters. The molecule has 1 saturated heterocycles. The topological polar surface area (TPSA) is 75.7 Å². The van der Waals surface area contributed by atoms with Crippen molar-refractivity contribution in [1.29, 1.82) is 0 Å². The summed E-state index contributed by atoms with van der Waals surface area (Å²) in [6, 6.07) is 14.2. The predicted octanol–water partition coefficient (Wildman–Crippen LogP) is 3.84. The summed E-state index contributed by atoms with van der Waals surface area (Å²) >= 11 is 4.91. The van der Waals surface area contributed by atoms with Crippen LogP contribution in [0, 0.1) is 0 Å². The van der Waals surface area contributed by atoms with Crippen LogP contribution in [0.4, 0.5) is 5.69 Å². The van der Waals surface area contributed by atoms with Crippen LogP contribution in [0.25, 0.3) is 0 Å². The number of carbonyl (C=O) groups excluding carboxylic acids is 3. The van der Waals surface area contributed by atoms with E-state index in [2.05, 4.69) is 21.2 Å². The summed E-state index contributed by atoms with van der Waals surface area (Å²) in [5, 5.41) is 2.58. The molecule has 0 radical (unpaired) electrons. The number of nitrogens with one attached hydrogen (secondary N) is 1. The lowest BCUT2D eigenvalue weighted by Crippen LogP contribution is -2.36. The van der Waals surface area contributed by atoms with Gasteiger partial charge in [0.2, 0.25) is 11.8 Å². The van der Waals surface area contributed by atoms with Gasteiger partial charge in [-0.15, -0.1) is 11.8 Å². The Morgan fingerprint density at radius 1 is 1.18 bits per heavy atom. The molecule has 0 saturated carbocycles. The molecule has 1 unspecified atom stereocenters. The Hall–Kier alpha value is -2.32. The standard InChI is InChI=1S/C20H19BrN2O4S/c1-2-27-20(26)14-5-9-16(10-6-14)22-17(24)11-23-18(25)12-28-19(23)13-3-7-15(21)8-4-13/h3-10,19H,2,11-12H2,1H3,(H,22,24). The lowest BCUT2D eigenvalue weighted by atomic mass is 10.2. The van der Waals surface area contributed by atoms with Crippen molar-refractivity contribution in [2.24, 2.45) is 0 Å². The first kappa shape index (κ1) is 20.4. The van der Waals surface area contributed by atoms with Crippen LogP contribution in [0.15, 0.2) is 53.0 Å². The van der Waals surface area contributed by atoms with Gasteiger partial charge in [0.05, 0.1) is 17.9 Å². The highest BCUT2D eigenvalue weighted by atomic mass is 79.9. The molecule has 1 fully saturated rings. The van der Waals surface area contributed by atoms with Crippen molar-refractivity contribution >= 4 is 51.2 Å². The molecule has 8 heteroatoms. The minimum Gasteiger partial charge on any atom is -0.462 e. The van der Waals surface area contributed by atoms with Crippen LogP contribution in [0.5, 0.6) is 0 Å². The van der Waals surface area contributed by atoms with E-state index in [-0.39, 0.29) is 23.7 Å². The molecule has 0 bridgehead atoms. The molecule has 2 aromatic carbocycles. The van der Waals surface area contributed by atoms with Gasteiger partial charge in [0.25, 0.3) is 0 Å². The molecule has 1 aliphatic rings. The van der Waals surface area contributed by atoms with Gasteiger partial charge in [0.1, 0.15) is 11.9 Å². The average molecular weight is 463 g/mol. The number of amides is 2. The van der Waals surface area contributed by atoms with Crippen LogP contribution in [-0.2, 0) is 14.3 Å². The minimum atomic E-state index is -0.405. The molecule has 0 aliphatic carbocycles. The zero-order chi connectivity index (χ0) is 20.1. The number of carbonyl (C=O) groups is 3. The maximum absolute atomic E-state index is 12.5. The maximum atomic E-state index is 12.5. The number of anilines is 1. The minimum absolute atomic E-state index is 0.0355. The van der Waals surface area contributed by atoms with Crippen molar-refractivity contribution in [3.8, 4) is 0 Å². The third kappa shape index (κ3) is 4.94. The number of benzene rings is 2. The second-order valence-corrected chi connectivity index (χ2v) is 8.07. The molecule has 0 spiro atoms. The molecule has 2 aromatic rings. The van der Waals surface area contributed by atoms with Crippen molar-refractivity contribution in [1.82, 2.24) is 4.90 Å². The zero-order valence-electron chi connectivity index (χ0n) is 15.2. The summed E-state index contributed by atoms with van der Waals surface area (Å²) in [6.45, 7) is 2.01. The Morgan fingerprint density at radius 3 is 2.50 bits per heavy atom. The molecule has 146 valence electrons. The summed E-state index contributed by atoms with van der Waals surface area (Å²) in [5.74, 6) is -0.410. The Morgan fingerprint density at radius 2 is 1.86 bits per heavy atom. The first-order chi connectivity index (χ1) is 13.5. The highest BCUT2D eigenvalue weighted by Crippen LogP contribution is 2.38. The van der Waals surface area contributed by atoms with Crippen molar-refractivity contribution in [2.75, 3.05) is 24.2 Å². The van der Waals surface area contributed by atoms with E-state index in [4.69, 9.17) is 4.74 Å². The SMILES string of the molecule is CCOC(=O)c1ccc(NC(=O)CN2C(=O)CSC2c2ccc(Br)cc2)cc1. The summed E-state index contributed by atoms with van der Waals surface area (Å²) in [6.07, 6.45) is 0. The van der Waals surface area contributed by atoms with E-state index in [1.807, 2.05) is 24.3 Å². The van der Waals surface area contributed by atoms with E-state index >= 15 is 0 Å². The van der Waals surface area contributed by atoms with Gasteiger partial charge in [0.15, 0.2) is 0 Å². The molecule has 6 nitrogen and oxygen atoms in total. The van der Waals surface area contributed by atoms with Crippen LogP contribution in [0.1, 0.15) is 28.2 Å². The molecular formula is C20H19BrN2O4S. The van der Waals surface area contributed by atoms with Gasteiger partial charge in [-0.05, 0) is 48.9 Å². The second-order valence-electron chi connectivity index (χ2n) is 6.08. The number of thioether (sulfide) groups is 1. The van der Waals surface area contributed by atoms with E-state index in [9.17, 15) is 14.4 Å². The van der Waals surface area contributed by atoms with Gasteiger partial charge in [-0.3, -0.25) is 9.59 Å². The van der Waals surface area contributed by atoms with Gasteiger partial charge < -0.3 is 15.0 Å². The molecule has 1 aliphatic heterocycles. The summed E-state index contributed by atoms with van der Waals surface area (Å²) in [5.41, 5.74) is 1.95. The maximum Gasteiger partial charge on any atom is 0.338 e. The van der Waals surface area contributed by atoms with E-state index < -0.39 is 5.97 Å². The Bertz CT molecular complexity index is 871. The van der Waals surface area contributed by atoms with Gasteiger partial charge in [-0.2, -0.15) is 0 Å². The van der Waals surface area contributed by atoms with Crippen molar-refractivity contribution < 1.29 is 19.1 Å². The number of hydrogen-bond acceptors (Lipinski definition) is 5. The summed E-state index contributed by atoms with van der Waals surface area (Å²) in [4.78, 5) is 38.0. The Balaban J connectivity index is 1.63. The normalized spacial score (nSPS) is 16.1. The smallest absolute Gasteiger partial charge is 0.338 e. The van der Waals surface area contributed by atoms with Crippen molar-refractivity contribution in [2.45, 2.75) is 12.3 Å². The third-order valence-electron chi connectivity index (χ3n) is 4.12. The van der Waals surface area contributed by atoms with Gasteiger partial charge >= 0.3 is 5.97 Å². The summed E-state index contributed by atoms with van der Waals surface area (Å²) < 4.78 is 5.89. The first-order valence-electron chi connectivity index (χ1n) is 8.71. The Labute approximate surface area is 175 Å². The largest absolute Gasteiger partial charge is 0.462 e.